The molecule has 4 nitrogen and oxygen atoms in total. The van der Waals surface area contributed by atoms with Crippen molar-refractivity contribution >= 4 is 28.5 Å². The molecule has 116 valence electrons. The van der Waals surface area contributed by atoms with E-state index in [2.05, 4.69) is 0 Å². The lowest BCUT2D eigenvalue weighted by Gasteiger charge is -2.15. The fraction of sp³-hybridized carbons (Fsp3) is 0. The molecule has 0 bridgehead atoms. The summed E-state index contributed by atoms with van der Waals surface area (Å²) in [7, 11) is 0. The first kappa shape index (κ1) is 15.2. The Bertz CT molecular complexity index is 997. The molecule has 0 saturated carbocycles. The molecule has 1 heterocycles. The summed E-state index contributed by atoms with van der Waals surface area (Å²) >= 11 is 5.76. The van der Waals surface area contributed by atoms with Gasteiger partial charge < -0.3 is 9.67 Å². The normalized spacial score (nSPS) is 10.9. The highest BCUT2D eigenvalue weighted by molar-refractivity contribution is 6.31. The summed E-state index contributed by atoms with van der Waals surface area (Å²) in [4.78, 5) is 23.5. The van der Waals surface area contributed by atoms with Crippen LogP contribution in [0.3, 0.4) is 0 Å². The van der Waals surface area contributed by atoms with Crippen molar-refractivity contribution in [2.45, 2.75) is 0 Å². The molecule has 23 heavy (non-hydrogen) atoms. The Labute approximate surface area is 133 Å². The molecule has 7 heteroatoms. The third-order valence-corrected chi connectivity index (χ3v) is 3.65. The van der Waals surface area contributed by atoms with Crippen molar-refractivity contribution in [3.05, 3.63) is 75.0 Å². The standard InChI is InChI=1S/C16H8ClF2NO3/c17-11-6-13-10(5-12(11)19)15(21)7-14(16(22)23)20(13)9-3-1-8(18)2-4-9/h1-7H,(H,22,23). The van der Waals surface area contributed by atoms with Crippen molar-refractivity contribution in [3.63, 3.8) is 0 Å². The highest BCUT2D eigenvalue weighted by Gasteiger charge is 2.17. The number of hydrogen-bond donors (Lipinski definition) is 1. The van der Waals surface area contributed by atoms with Gasteiger partial charge in [-0.2, -0.15) is 0 Å². The second-order valence-electron chi connectivity index (χ2n) is 4.79. The number of fused-ring (bicyclic) bond motifs is 1. The maximum Gasteiger partial charge on any atom is 0.353 e. The van der Waals surface area contributed by atoms with Crippen molar-refractivity contribution in [2.24, 2.45) is 0 Å². The van der Waals surface area contributed by atoms with Crippen molar-refractivity contribution in [1.29, 1.82) is 0 Å². The number of benzene rings is 2. The van der Waals surface area contributed by atoms with Crippen molar-refractivity contribution in [3.8, 4) is 5.69 Å². The molecule has 1 aromatic heterocycles. The van der Waals surface area contributed by atoms with E-state index in [0.717, 1.165) is 24.3 Å². The number of aromatic nitrogens is 1. The molecule has 3 rings (SSSR count). The number of nitrogens with zero attached hydrogens (tertiary/aromatic N) is 1. The molecule has 0 radical (unpaired) electrons. The minimum absolute atomic E-state index is 0.0266. The molecule has 0 spiro atoms. The van der Waals surface area contributed by atoms with Gasteiger partial charge in [0.05, 0.1) is 10.5 Å². The first-order valence-electron chi connectivity index (χ1n) is 6.42. The lowest BCUT2D eigenvalue weighted by molar-refractivity contribution is 0.0688. The molecule has 0 aliphatic heterocycles. The maximum atomic E-state index is 13.6. The Hall–Kier alpha value is -2.73. The Morgan fingerprint density at radius 1 is 1.09 bits per heavy atom. The van der Waals surface area contributed by atoms with E-state index in [4.69, 9.17) is 11.6 Å². The van der Waals surface area contributed by atoms with Gasteiger partial charge >= 0.3 is 5.97 Å². The molecule has 3 aromatic rings. The molecule has 0 saturated heterocycles. The van der Waals surface area contributed by atoms with Crippen LogP contribution >= 0.6 is 11.6 Å². The number of carboxylic acid groups (broad SMARTS) is 1. The van der Waals surface area contributed by atoms with Gasteiger partial charge in [-0.15, -0.1) is 0 Å². The zero-order valence-electron chi connectivity index (χ0n) is 11.4. The maximum absolute atomic E-state index is 13.6. The average molecular weight is 336 g/mol. The van der Waals surface area contributed by atoms with E-state index in [1.54, 1.807) is 0 Å². The molecule has 0 aliphatic carbocycles. The predicted molar refractivity (Wildman–Crippen MR) is 81.4 cm³/mol. The third kappa shape index (κ3) is 2.57. The summed E-state index contributed by atoms with van der Waals surface area (Å²) in [6.07, 6.45) is 0. The van der Waals surface area contributed by atoms with Crippen LogP contribution in [0.15, 0.2) is 47.3 Å². The molecule has 0 amide bonds. The second kappa shape index (κ2) is 5.48. The molecule has 0 unspecified atom stereocenters. The molecule has 2 aromatic carbocycles. The molecular weight excluding hydrogens is 328 g/mol. The SMILES string of the molecule is O=C(O)c1cc(=O)c2cc(F)c(Cl)cc2n1-c1ccc(F)cc1. The Balaban J connectivity index is 2.50. The van der Waals surface area contributed by atoms with Crippen LogP contribution < -0.4 is 5.43 Å². The molecule has 0 aliphatic rings. The first-order chi connectivity index (χ1) is 10.9. The van der Waals surface area contributed by atoms with E-state index in [9.17, 15) is 23.5 Å². The van der Waals surface area contributed by atoms with Crippen LogP contribution in [0.2, 0.25) is 5.02 Å². The highest BCUT2D eigenvalue weighted by Crippen LogP contribution is 2.25. The number of halogens is 3. The number of carboxylic acids is 1. The van der Waals surface area contributed by atoms with E-state index < -0.39 is 23.0 Å². The topological polar surface area (TPSA) is 59.3 Å². The van der Waals surface area contributed by atoms with Crippen molar-refractivity contribution in [1.82, 2.24) is 4.57 Å². The number of carbonyl (C=O) groups is 1. The van der Waals surface area contributed by atoms with Crippen LogP contribution in [0.1, 0.15) is 10.5 Å². The molecule has 0 fully saturated rings. The molecule has 1 N–H and O–H groups in total. The fourth-order valence-electron chi connectivity index (χ4n) is 2.34. The van der Waals surface area contributed by atoms with Gasteiger partial charge in [0, 0.05) is 17.1 Å². The zero-order chi connectivity index (χ0) is 16.7. The quantitative estimate of drug-likeness (QED) is 0.778. The number of rotatable bonds is 2. The Morgan fingerprint density at radius 3 is 2.35 bits per heavy atom. The van der Waals surface area contributed by atoms with Crippen LogP contribution in [0.25, 0.3) is 16.6 Å². The van der Waals surface area contributed by atoms with Gasteiger partial charge in [-0.05, 0) is 36.4 Å². The summed E-state index contributed by atoms with van der Waals surface area (Å²) in [5.74, 6) is -2.64. The van der Waals surface area contributed by atoms with Crippen molar-refractivity contribution < 1.29 is 18.7 Å². The lowest BCUT2D eigenvalue weighted by Crippen LogP contribution is -2.17. The van der Waals surface area contributed by atoms with E-state index in [-0.39, 0.29) is 21.6 Å². The molecule has 0 atom stereocenters. The fourth-order valence-corrected chi connectivity index (χ4v) is 2.50. The summed E-state index contributed by atoms with van der Waals surface area (Å²) in [5, 5.41) is 9.07. The summed E-state index contributed by atoms with van der Waals surface area (Å²) < 4.78 is 28.0. The Morgan fingerprint density at radius 2 is 1.74 bits per heavy atom. The van der Waals surface area contributed by atoms with Gasteiger partial charge in [0.25, 0.3) is 0 Å². The summed E-state index contributed by atoms with van der Waals surface area (Å²) in [6.45, 7) is 0. The summed E-state index contributed by atoms with van der Waals surface area (Å²) in [5.41, 5.74) is -0.563. The van der Waals surface area contributed by atoms with Gasteiger partial charge in [0.2, 0.25) is 0 Å². The molecular formula is C16H8ClF2NO3. The third-order valence-electron chi connectivity index (χ3n) is 3.36. The monoisotopic (exact) mass is 335 g/mol. The van der Waals surface area contributed by atoms with Crippen LogP contribution in [0.4, 0.5) is 8.78 Å². The van der Waals surface area contributed by atoms with Gasteiger partial charge in [0.1, 0.15) is 17.3 Å². The average Bonchev–Trinajstić information content (AvgIpc) is 2.50. The zero-order valence-corrected chi connectivity index (χ0v) is 12.1. The van der Waals surface area contributed by atoms with Crippen LogP contribution in [-0.4, -0.2) is 15.6 Å². The van der Waals surface area contributed by atoms with Crippen LogP contribution in [0.5, 0.6) is 0 Å². The number of hydrogen-bond acceptors (Lipinski definition) is 2. The van der Waals surface area contributed by atoms with Gasteiger partial charge in [-0.3, -0.25) is 4.79 Å². The Kier molecular flexibility index (Phi) is 3.61. The van der Waals surface area contributed by atoms with E-state index in [0.29, 0.717) is 5.69 Å². The van der Waals surface area contributed by atoms with Gasteiger partial charge in [-0.1, -0.05) is 11.6 Å². The van der Waals surface area contributed by atoms with Crippen molar-refractivity contribution in [2.75, 3.05) is 0 Å². The first-order valence-corrected chi connectivity index (χ1v) is 6.80. The van der Waals surface area contributed by atoms with E-state index in [1.165, 1.54) is 22.8 Å². The second-order valence-corrected chi connectivity index (χ2v) is 5.20. The van der Waals surface area contributed by atoms with Crippen LogP contribution in [-0.2, 0) is 0 Å². The number of pyridine rings is 1. The highest BCUT2D eigenvalue weighted by atomic mass is 35.5. The minimum atomic E-state index is -1.35. The summed E-state index contributed by atoms with van der Waals surface area (Å²) in [6, 6.07) is 8.01. The minimum Gasteiger partial charge on any atom is -0.477 e. The van der Waals surface area contributed by atoms with E-state index >= 15 is 0 Å². The largest absolute Gasteiger partial charge is 0.477 e. The van der Waals surface area contributed by atoms with E-state index in [1.807, 2.05) is 0 Å². The van der Waals surface area contributed by atoms with Gasteiger partial charge in [-0.25, -0.2) is 13.6 Å². The van der Waals surface area contributed by atoms with Gasteiger partial charge in [0.15, 0.2) is 5.43 Å². The lowest BCUT2D eigenvalue weighted by atomic mass is 10.1. The predicted octanol–water partition coefficient (Wildman–Crippen LogP) is 3.62. The smallest absolute Gasteiger partial charge is 0.353 e. The number of aromatic carboxylic acids is 1. The van der Waals surface area contributed by atoms with Crippen LogP contribution in [0, 0.1) is 11.6 Å².